The highest BCUT2D eigenvalue weighted by Crippen LogP contribution is 2.28. The molecule has 0 aliphatic heterocycles. The number of rotatable bonds is 6. The van der Waals surface area contributed by atoms with Gasteiger partial charge in [0.2, 0.25) is 0 Å². The number of nitrogens with zero attached hydrogens (tertiary/aromatic N) is 1. The monoisotopic (exact) mass is 444 g/mol. The van der Waals surface area contributed by atoms with Crippen molar-refractivity contribution in [3.63, 3.8) is 0 Å². The van der Waals surface area contributed by atoms with Gasteiger partial charge in [-0.2, -0.15) is 5.10 Å². The van der Waals surface area contributed by atoms with E-state index in [0.717, 1.165) is 12.1 Å². The van der Waals surface area contributed by atoms with Gasteiger partial charge in [0.15, 0.2) is 0 Å². The van der Waals surface area contributed by atoms with E-state index < -0.39 is 17.5 Å². The molecule has 0 aliphatic rings. The summed E-state index contributed by atoms with van der Waals surface area (Å²) in [5, 5.41) is 14.0. The molecule has 0 bridgehead atoms. The lowest BCUT2D eigenvalue weighted by molar-refractivity contribution is 0.0952. The number of benzene rings is 4. The topological polar surface area (TPSA) is 70.9 Å². The van der Waals surface area contributed by atoms with Crippen molar-refractivity contribution in [3.05, 3.63) is 114 Å². The second-order valence-electron chi connectivity index (χ2n) is 7.04. The molecule has 4 rings (SSSR count). The van der Waals surface area contributed by atoms with Gasteiger partial charge >= 0.3 is 0 Å². The highest BCUT2D eigenvalue weighted by molar-refractivity contribution is 5.98. The van der Waals surface area contributed by atoms with Crippen LogP contribution in [0, 0.1) is 11.6 Å². The lowest BCUT2D eigenvalue weighted by Crippen LogP contribution is -2.17. The third-order valence-corrected chi connectivity index (χ3v) is 4.70. The number of aromatic hydroxyl groups is 1. The summed E-state index contributed by atoms with van der Waals surface area (Å²) in [6.07, 6.45) is 1.43. The second kappa shape index (κ2) is 9.74. The number of phenolic OH excluding ortho intramolecular Hbond substituents is 1. The normalized spacial score (nSPS) is 10.8. The predicted octanol–water partition coefficient (Wildman–Crippen LogP) is 5.89. The molecule has 0 radical (unpaired) electrons. The van der Waals surface area contributed by atoms with E-state index in [1.54, 1.807) is 24.3 Å². The first kappa shape index (κ1) is 21.7. The van der Waals surface area contributed by atoms with Gasteiger partial charge in [-0.3, -0.25) is 4.79 Å². The van der Waals surface area contributed by atoms with Crippen molar-refractivity contribution in [1.29, 1.82) is 0 Å². The molecule has 7 heteroatoms. The number of amides is 1. The summed E-state index contributed by atoms with van der Waals surface area (Å²) in [6.45, 7) is 0. The third kappa shape index (κ3) is 5.40. The number of hydrazone groups is 1. The molecule has 0 spiro atoms. The maximum absolute atomic E-state index is 14.1. The van der Waals surface area contributed by atoms with E-state index in [4.69, 9.17) is 4.74 Å². The van der Waals surface area contributed by atoms with Crippen LogP contribution in [0.25, 0.3) is 11.1 Å². The van der Waals surface area contributed by atoms with Crippen LogP contribution in [0.2, 0.25) is 0 Å². The summed E-state index contributed by atoms with van der Waals surface area (Å²) < 4.78 is 33.0. The molecule has 4 aromatic carbocycles. The van der Waals surface area contributed by atoms with Crippen LogP contribution in [-0.4, -0.2) is 17.2 Å². The molecule has 0 aliphatic carbocycles. The Labute approximate surface area is 188 Å². The zero-order chi connectivity index (χ0) is 23.2. The van der Waals surface area contributed by atoms with Gasteiger partial charge in [-0.15, -0.1) is 0 Å². The standard InChI is InChI=1S/C26H18F2N2O3/c27-19-10-11-22(24(28)15-19)18-9-12-25(31)23(14-18)26(32)30-29-16-17-5-4-8-21(13-17)33-20-6-2-1-3-7-20/h1-16,31H,(H,30,32). The van der Waals surface area contributed by atoms with Crippen molar-refractivity contribution in [1.82, 2.24) is 5.43 Å². The summed E-state index contributed by atoms with van der Waals surface area (Å²) in [4.78, 5) is 12.5. The summed E-state index contributed by atoms with van der Waals surface area (Å²) in [6, 6.07) is 23.5. The average molecular weight is 444 g/mol. The Balaban J connectivity index is 1.47. The number of hydrogen-bond acceptors (Lipinski definition) is 4. The third-order valence-electron chi connectivity index (χ3n) is 4.70. The van der Waals surface area contributed by atoms with Crippen LogP contribution in [-0.2, 0) is 0 Å². The molecule has 0 aromatic heterocycles. The summed E-state index contributed by atoms with van der Waals surface area (Å²) in [5.74, 6) is -1.18. The smallest absolute Gasteiger partial charge is 0.275 e. The molecule has 33 heavy (non-hydrogen) atoms. The van der Waals surface area contributed by atoms with Crippen LogP contribution in [0.1, 0.15) is 15.9 Å². The van der Waals surface area contributed by atoms with E-state index in [0.29, 0.717) is 22.6 Å². The number of halogens is 2. The van der Waals surface area contributed by atoms with Gasteiger partial charge < -0.3 is 9.84 Å². The van der Waals surface area contributed by atoms with Crippen molar-refractivity contribution in [2.24, 2.45) is 5.10 Å². The van der Waals surface area contributed by atoms with Crippen LogP contribution >= 0.6 is 0 Å². The Kier molecular flexibility index (Phi) is 6.40. The van der Waals surface area contributed by atoms with Gasteiger partial charge in [-0.1, -0.05) is 36.4 Å². The Bertz CT molecular complexity index is 1320. The number of carbonyl (C=O) groups excluding carboxylic acids is 1. The highest BCUT2D eigenvalue weighted by atomic mass is 19.1. The maximum atomic E-state index is 14.1. The Morgan fingerprint density at radius 2 is 1.67 bits per heavy atom. The largest absolute Gasteiger partial charge is 0.507 e. The molecule has 0 fully saturated rings. The maximum Gasteiger partial charge on any atom is 0.275 e. The Morgan fingerprint density at radius 1 is 0.879 bits per heavy atom. The van der Waals surface area contributed by atoms with Crippen LogP contribution < -0.4 is 10.2 Å². The second-order valence-corrected chi connectivity index (χ2v) is 7.04. The fourth-order valence-corrected chi connectivity index (χ4v) is 3.12. The molecule has 4 aromatic rings. The summed E-state index contributed by atoms with van der Waals surface area (Å²) in [7, 11) is 0. The number of hydrogen-bond donors (Lipinski definition) is 2. The molecule has 0 saturated heterocycles. The van der Waals surface area contributed by atoms with Gasteiger partial charge in [0, 0.05) is 11.6 Å². The van der Waals surface area contributed by atoms with Gasteiger partial charge in [-0.25, -0.2) is 14.2 Å². The van der Waals surface area contributed by atoms with E-state index in [1.165, 1.54) is 30.5 Å². The first-order chi connectivity index (χ1) is 16.0. The molecular weight excluding hydrogens is 426 g/mol. The van der Waals surface area contributed by atoms with Crippen molar-refractivity contribution in [3.8, 4) is 28.4 Å². The number of para-hydroxylation sites is 1. The number of ether oxygens (including phenoxy) is 1. The number of phenols is 1. The minimum Gasteiger partial charge on any atom is -0.507 e. The minimum atomic E-state index is -0.775. The van der Waals surface area contributed by atoms with E-state index in [9.17, 15) is 18.7 Å². The number of carbonyl (C=O) groups is 1. The SMILES string of the molecule is O=C(NN=Cc1cccc(Oc2ccccc2)c1)c1cc(-c2ccc(F)cc2F)ccc1O. The molecule has 1 amide bonds. The van der Waals surface area contributed by atoms with Gasteiger partial charge in [0.1, 0.15) is 28.9 Å². The van der Waals surface area contributed by atoms with E-state index in [1.807, 2.05) is 30.3 Å². The van der Waals surface area contributed by atoms with E-state index in [-0.39, 0.29) is 16.9 Å². The van der Waals surface area contributed by atoms with Crippen LogP contribution in [0.5, 0.6) is 17.2 Å². The summed E-state index contributed by atoms with van der Waals surface area (Å²) in [5.41, 5.74) is 3.32. The highest BCUT2D eigenvalue weighted by Gasteiger charge is 2.14. The first-order valence-electron chi connectivity index (χ1n) is 9.94. The van der Waals surface area contributed by atoms with Crippen molar-refractivity contribution in [2.75, 3.05) is 0 Å². The van der Waals surface area contributed by atoms with Crippen molar-refractivity contribution < 1.29 is 23.4 Å². The van der Waals surface area contributed by atoms with E-state index >= 15 is 0 Å². The predicted molar refractivity (Wildman–Crippen MR) is 121 cm³/mol. The Morgan fingerprint density at radius 3 is 2.45 bits per heavy atom. The fourth-order valence-electron chi connectivity index (χ4n) is 3.12. The fraction of sp³-hybridized carbons (Fsp3) is 0. The molecule has 2 N–H and O–H groups in total. The van der Waals surface area contributed by atoms with E-state index in [2.05, 4.69) is 10.5 Å². The molecular formula is C26H18F2N2O3. The minimum absolute atomic E-state index is 0.101. The first-order valence-corrected chi connectivity index (χ1v) is 9.94. The lowest BCUT2D eigenvalue weighted by Gasteiger charge is -2.08. The number of nitrogens with one attached hydrogen (secondary N) is 1. The van der Waals surface area contributed by atoms with Gasteiger partial charge in [0.25, 0.3) is 5.91 Å². The lowest BCUT2D eigenvalue weighted by atomic mass is 10.0. The van der Waals surface area contributed by atoms with Gasteiger partial charge in [-0.05, 0) is 59.7 Å². The average Bonchev–Trinajstić information content (AvgIpc) is 2.80. The van der Waals surface area contributed by atoms with Crippen LogP contribution in [0.4, 0.5) is 8.78 Å². The van der Waals surface area contributed by atoms with Gasteiger partial charge in [0.05, 0.1) is 11.8 Å². The molecule has 0 saturated carbocycles. The zero-order valence-electron chi connectivity index (χ0n) is 17.2. The quantitative estimate of drug-likeness (QED) is 0.288. The molecule has 164 valence electrons. The zero-order valence-corrected chi connectivity index (χ0v) is 17.2. The van der Waals surface area contributed by atoms with Crippen molar-refractivity contribution >= 4 is 12.1 Å². The summed E-state index contributed by atoms with van der Waals surface area (Å²) >= 11 is 0. The van der Waals surface area contributed by atoms with Crippen molar-refractivity contribution in [2.45, 2.75) is 0 Å². The molecule has 0 heterocycles. The molecule has 0 unspecified atom stereocenters. The Hall–Kier alpha value is -4.52. The molecule has 0 atom stereocenters. The molecule has 5 nitrogen and oxygen atoms in total. The van der Waals surface area contributed by atoms with Crippen LogP contribution in [0.3, 0.4) is 0 Å². The van der Waals surface area contributed by atoms with Crippen LogP contribution in [0.15, 0.2) is 96.1 Å².